The molecule has 0 aliphatic rings. The molecule has 0 fully saturated rings. The summed E-state index contributed by atoms with van der Waals surface area (Å²) in [7, 11) is 1.96. The number of hydrogen-bond donors (Lipinski definition) is 0. The minimum atomic E-state index is 0.495. The van der Waals surface area contributed by atoms with Gasteiger partial charge in [-0.2, -0.15) is 0 Å². The molecule has 0 saturated heterocycles. The third-order valence-electron chi connectivity index (χ3n) is 2.79. The van der Waals surface area contributed by atoms with E-state index < -0.39 is 0 Å². The van der Waals surface area contributed by atoms with Crippen LogP contribution in [0.5, 0.6) is 0 Å². The molecule has 2 heterocycles. The Balaban J connectivity index is 2.38. The van der Waals surface area contributed by atoms with Crippen LogP contribution in [0.3, 0.4) is 0 Å². The molecule has 17 heavy (non-hydrogen) atoms. The third-order valence-corrected chi connectivity index (χ3v) is 3.08. The maximum absolute atomic E-state index is 6.16. The van der Waals surface area contributed by atoms with E-state index in [2.05, 4.69) is 22.1 Å². The molecule has 0 N–H and O–H groups in total. The molecule has 0 atom stereocenters. The van der Waals surface area contributed by atoms with E-state index in [1.807, 2.05) is 36.0 Å². The molecule has 3 nitrogen and oxygen atoms in total. The van der Waals surface area contributed by atoms with Gasteiger partial charge in [-0.3, -0.25) is 0 Å². The van der Waals surface area contributed by atoms with Crippen LogP contribution in [0.1, 0.15) is 0 Å². The molecular formula is C13H10ClN3. The third kappa shape index (κ3) is 1.59. The van der Waals surface area contributed by atoms with Gasteiger partial charge < -0.3 is 4.57 Å². The molecule has 0 unspecified atom stereocenters. The summed E-state index contributed by atoms with van der Waals surface area (Å²) >= 11 is 6.16. The zero-order chi connectivity index (χ0) is 11.8. The number of fused-ring (bicyclic) bond motifs is 1. The number of benzene rings is 1. The van der Waals surface area contributed by atoms with Crippen molar-refractivity contribution in [3.63, 3.8) is 0 Å². The number of halogens is 1. The van der Waals surface area contributed by atoms with Crippen molar-refractivity contribution >= 4 is 22.6 Å². The van der Waals surface area contributed by atoms with Crippen LogP contribution in [0.15, 0.2) is 42.9 Å². The smallest absolute Gasteiger partial charge is 0.145 e. The van der Waals surface area contributed by atoms with Gasteiger partial charge in [-0.25, -0.2) is 9.97 Å². The average molecular weight is 244 g/mol. The first-order valence-electron chi connectivity index (χ1n) is 5.28. The highest BCUT2D eigenvalue weighted by Crippen LogP contribution is 2.32. The van der Waals surface area contributed by atoms with Crippen LogP contribution in [0.4, 0.5) is 0 Å². The predicted molar refractivity (Wildman–Crippen MR) is 69.0 cm³/mol. The molecule has 0 radical (unpaired) electrons. The molecule has 0 aliphatic heterocycles. The Morgan fingerprint density at radius 2 is 1.88 bits per heavy atom. The minimum absolute atomic E-state index is 0.495. The normalized spacial score (nSPS) is 10.9. The SMILES string of the molecule is Cn1cc(-c2ccccc2)c2c(Cl)ncnc21. The van der Waals surface area contributed by atoms with Gasteiger partial charge in [0.2, 0.25) is 0 Å². The summed E-state index contributed by atoms with van der Waals surface area (Å²) < 4.78 is 1.96. The van der Waals surface area contributed by atoms with Crippen LogP contribution in [0.2, 0.25) is 5.15 Å². The van der Waals surface area contributed by atoms with Crippen LogP contribution < -0.4 is 0 Å². The van der Waals surface area contributed by atoms with E-state index in [1.54, 1.807) is 0 Å². The zero-order valence-corrected chi connectivity index (χ0v) is 10.0. The lowest BCUT2D eigenvalue weighted by molar-refractivity contribution is 0.944. The molecule has 0 aliphatic carbocycles. The molecule has 2 aromatic heterocycles. The monoisotopic (exact) mass is 243 g/mol. The highest BCUT2D eigenvalue weighted by Gasteiger charge is 2.12. The Bertz CT molecular complexity index is 674. The van der Waals surface area contributed by atoms with Crippen LogP contribution >= 0.6 is 11.6 Å². The second-order valence-electron chi connectivity index (χ2n) is 3.88. The second kappa shape index (κ2) is 3.86. The Hall–Kier alpha value is -1.87. The van der Waals surface area contributed by atoms with Crippen LogP contribution in [-0.2, 0) is 7.05 Å². The Kier molecular flexibility index (Phi) is 2.34. The van der Waals surface area contributed by atoms with Gasteiger partial charge in [0.25, 0.3) is 0 Å². The summed E-state index contributed by atoms with van der Waals surface area (Å²) in [4.78, 5) is 8.30. The molecule has 0 spiro atoms. The van der Waals surface area contributed by atoms with Crippen molar-refractivity contribution in [1.29, 1.82) is 0 Å². The molecule has 0 amide bonds. The molecule has 0 bridgehead atoms. The zero-order valence-electron chi connectivity index (χ0n) is 9.26. The summed E-state index contributed by atoms with van der Waals surface area (Å²) in [6.45, 7) is 0. The van der Waals surface area contributed by atoms with Crippen molar-refractivity contribution in [2.45, 2.75) is 0 Å². The van der Waals surface area contributed by atoms with Crippen molar-refractivity contribution < 1.29 is 0 Å². The van der Waals surface area contributed by atoms with Crippen LogP contribution in [-0.4, -0.2) is 14.5 Å². The van der Waals surface area contributed by atoms with Crippen molar-refractivity contribution in [2.24, 2.45) is 7.05 Å². The predicted octanol–water partition coefficient (Wildman–Crippen LogP) is 3.29. The fraction of sp³-hybridized carbons (Fsp3) is 0.0769. The van der Waals surface area contributed by atoms with E-state index >= 15 is 0 Å². The fourth-order valence-electron chi connectivity index (χ4n) is 2.01. The number of aryl methyl sites for hydroxylation is 1. The lowest BCUT2D eigenvalue weighted by Gasteiger charge is -1.99. The molecule has 84 valence electrons. The van der Waals surface area contributed by atoms with Gasteiger partial charge >= 0.3 is 0 Å². The Labute approximate surface area is 104 Å². The molecule has 3 aromatic rings. The van der Waals surface area contributed by atoms with E-state index in [-0.39, 0.29) is 0 Å². The maximum atomic E-state index is 6.16. The fourth-order valence-corrected chi connectivity index (χ4v) is 2.24. The summed E-state index contributed by atoms with van der Waals surface area (Å²) in [5, 5.41) is 1.40. The number of aromatic nitrogens is 3. The largest absolute Gasteiger partial charge is 0.335 e. The van der Waals surface area contributed by atoms with Crippen LogP contribution in [0.25, 0.3) is 22.2 Å². The lowest BCUT2D eigenvalue weighted by atomic mass is 10.1. The van der Waals surface area contributed by atoms with Crippen molar-refractivity contribution in [3.8, 4) is 11.1 Å². The first kappa shape index (κ1) is 10.3. The number of rotatable bonds is 1. The standard InChI is InChI=1S/C13H10ClN3/c1-17-7-10(9-5-3-2-4-6-9)11-12(14)15-8-16-13(11)17/h2-8H,1H3. The maximum Gasteiger partial charge on any atom is 0.145 e. The summed E-state index contributed by atoms with van der Waals surface area (Å²) in [6, 6.07) is 10.1. The van der Waals surface area contributed by atoms with E-state index in [1.165, 1.54) is 6.33 Å². The van der Waals surface area contributed by atoms with Crippen molar-refractivity contribution in [3.05, 3.63) is 48.0 Å². The molecular weight excluding hydrogens is 234 g/mol. The van der Waals surface area contributed by atoms with Gasteiger partial charge in [0.05, 0.1) is 5.39 Å². The molecule has 3 rings (SSSR count). The first-order valence-corrected chi connectivity index (χ1v) is 5.66. The molecule has 1 aromatic carbocycles. The highest BCUT2D eigenvalue weighted by molar-refractivity contribution is 6.35. The van der Waals surface area contributed by atoms with Gasteiger partial charge in [0.1, 0.15) is 17.1 Å². The topological polar surface area (TPSA) is 30.7 Å². The molecule has 0 saturated carbocycles. The lowest BCUT2D eigenvalue weighted by Crippen LogP contribution is -1.88. The number of hydrogen-bond acceptors (Lipinski definition) is 2. The van der Waals surface area contributed by atoms with Crippen molar-refractivity contribution in [1.82, 2.24) is 14.5 Å². The van der Waals surface area contributed by atoms with E-state index in [0.717, 1.165) is 22.2 Å². The highest BCUT2D eigenvalue weighted by atomic mass is 35.5. The van der Waals surface area contributed by atoms with Crippen molar-refractivity contribution in [2.75, 3.05) is 0 Å². The van der Waals surface area contributed by atoms with E-state index in [9.17, 15) is 0 Å². The summed E-state index contributed by atoms with van der Waals surface area (Å²) in [5.74, 6) is 0. The van der Waals surface area contributed by atoms with Gasteiger partial charge in [0, 0.05) is 18.8 Å². The average Bonchev–Trinajstić information content (AvgIpc) is 2.70. The van der Waals surface area contributed by atoms with E-state index in [0.29, 0.717) is 5.15 Å². The van der Waals surface area contributed by atoms with Gasteiger partial charge in [-0.05, 0) is 5.56 Å². The summed E-state index contributed by atoms with van der Waals surface area (Å²) in [5.41, 5.74) is 3.03. The minimum Gasteiger partial charge on any atom is -0.335 e. The quantitative estimate of drug-likeness (QED) is 0.614. The molecule has 4 heteroatoms. The van der Waals surface area contributed by atoms with Gasteiger partial charge in [-0.1, -0.05) is 41.9 Å². The second-order valence-corrected chi connectivity index (χ2v) is 4.24. The Morgan fingerprint density at radius 3 is 2.65 bits per heavy atom. The Morgan fingerprint density at radius 1 is 1.12 bits per heavy atom. The van der Waals surface area contributed by atoms with Crippen LogP contribution in [0, 0.1) is 0 Å². The first-order chi connectivity index (χ1) is 8.27. The summed E-state index contributed by atoms with van der Waals surface area (Å²) in [6.07, 6.45) is 3.51. The van der Waals surface area contributed by atoms with E-state index in [4.69, 9.17) is 11.6 Å². The number of nitrogens with zero attached hydrogens (tertiary/aromatic N) is 3. The van der Waals surface area contributed by atoms with Gasteiger partial charge in [-0.15, -0.1) is 0 Å². The van der Waals surface area contributed by atoms with Gasteiger partial charge in [0.15, 0.2) is 0 Å².